The van der Waals surface area contributed by atoms with Crippen molar-refractivity contribution in [3.63, 3.8) is 0 Å². The van der Waals surface area contributed by atoms with Crippen molar-refractivity contribution in [1.29, 1.82) is 0 Å². The molecule has 1 atom stereocenters. The maximum Gasteiger partial charge on any atom is 0.242 e. The molecule has 1 aliphatic heterocycles. The highest BCUT2D eigenvalue weighted by molar-refractivity contribution is 8.00. The fourth-order valence-corrected chi connectivity index (χ4v) is 3.64. The van der Waals surface area contributed by atoms with Crippen LogP contribution in [0.5, 0.6) is 0 Å². The third kappa shape index (κ3) is 5.41. The van der Waals surface area contributed by atoms with Crippen LogP contribution in [0.1, 0.15) is 33.6 Å². The predicted molar refractivity (Wildman–Crippen MR) is 89.8 cm³/mol. The highest BCUT2D eigenvalue weighted by Crippen LogP contribution is 2.24. The quantitative estimate of drug-likeness (QED) is 0.593. The molecule has 1 saturated carbocycles. The molecule has 0 radical (unpaired) electrons. The number of carbonyl (C=O) groups excluding carboxylic acids is 1. The lowest BCUT2D eigenvalue weighted by molar-refractivity contribution is -0.119. The molecular weight excluding hydrogens is 284 g/mol. The van der Waals surface area contributed by atoms with Gasteiger partial charge < -0.3 is 15.5 Å². The molecule has 2 N–H and O–H groups in total. The number of hydrogen-bond acceptors (Lipinski definition) is 3. The lowest BCUT2D eigenvalue weighted by Crippen LogP contribution is -2.49. The zero-order valence-electron chi connectivity index (χ0n) is 13.4. The summed E-state index contributed by atoms with van der Waals surface area (Å²) in [6, 6.07) is 0.409. The van der Waals surface area contributed by atoms with Gasteiger partial charge in [0, 0.05) is 36.7 Å². The fraction of sp³-hybridized carbons (Fsp3) is 0.867. The van der Waals surface area contributed by atoms with Gasteiger partial charge in [0.15, 0.2) is 5.96 Å². The van der Waals surface area contributed by atoms with Gasteiger partial charge >= 0.3 is 0 Å². The van der Waals surface area contributed by atoms with Crippen LogP contribution in [0.15, 0.2) is 4.99 Å². The number of carbonyl (C=O) groups is 1. The summed E-state index contributed by atoms with van der Waals surface area (Å²) in [5.41, 5.74) is 0. The first-order chi connectivity index (χ1) is 10.1. The summed E-state index contributed by atoms with van der Waals surface area (Å²) < 4.78 is 0. The van der Waals surface area contributed by atoms with E-state index in [2.05, 4.69) is 41.3 Å². The first-order valence-electron chi connectivity index (χ1n) is 8.04. The Kier molecular flexibility index (Phi) is 6.21. The first-order valence-corrected chi connectivity index (χ1v) is 9.09. The van der Waals surface area contributed by atoms with Gasteiger partial charge in [0.1, 0.15) is 6.54 Å². The Labute approximate surface area is 132 Å². The van der Waals surface area contributed by atoms with Crippen LogP contribution >= 0.6 is 11.8 Å². The second-order valence-corrected chi connectivity index (χ2v) is 7.46. The summed E-state index contributed by atoms with van der Waals surface area (Å²) in [5.74, 6) is 2.72. The minimum atomic E-state index is 0.0414. The molecule has 0 aromatic rings. The zero-order valence-corrected chi connectivity index (χ0v) is 14.2. The van der Waals surface area contributed by atoms with E-state index in [1.54, 1.807) is 0 Å². The van der Waals surface area contributed by atoms with Crippen molar-refractivity contribution < 1.29 is 4.79 Å². The van der Waals surface area contributed by atoms with E-state index in [9.17, 15) is 4.79 Å². The van der Waals surface area contributed by atoms with Crippen LogP contribution < -0.4 is 10.6 Å². The van der Waals surface area contributed by atoms with E-state index in [-0.39, 0.29) is 12.5 Å². The molecule has 2 aliphatic rings. The molecule has 0 bridgehead atoms. The van der Waals surface area contributed by atoms with Crippen molar-refractivity contribution in [1.82, 2.24) is 15.5 Å². The monoisotopic (exact) mass is 312 g/mol. The van der Waals surface area contributed by atoms with Crippen LogP contribution in [-0.2, 0) is 4.79 Å². The number of thioether (sulfide) groups is 1. The minimum Gasteiger partial charge on any atom is -0.357 e. The van der Waals surface area contributed by atoms with E-state index in [1.807, 2.05) is 11.8 Å². The van der Waals surface area contributed by atoms with Crippen molar-refractivity contribution in [3.8, 4) is 0 Å². The topological polar surface area (TPSA) is 56.7 Å². The Bertz CT molecular complexity index is 382. The number of aliphatic imine (C=N–C) groups is 1. The number of nitrogens with one attached hydrogen (secondary N) is 2. The van der Waals surface area contributed by atoms with Crippen molar-refractivity contribution in [3.05, 3.63) is 0 Å². The van der Waals surface area contributed by atoms with Crippen molar-refractivity contribution in [2.75, 3.05) is 31.9 Å². The summed E-state index contributed by atoms with van der Waals surface area (Å²) in [7, 11) is 0. The molecular formula is C15H28N4OS. The van der Waals surface area contributed by atoms with Crippen LogP contribution in [0.25, 0.3) is 0 Å². The molecule has 0 aromatic carbocycles. The Morgan fingerprint density at radius 3 is 2.81 bits per heavy atom. The van der Waals surface area contributed by atoms with Gasteiger partial charge in [-0.1, -0.05) is 13.8 Å². The van der Waals surface area contributed by atoms with E-state index in [1.165, 1.54) is 0 Å². The number of hydrogen-bond donors (Lipinski definition) is 2. The van der Waals surface area contributed by atoms with Gasteiger partial charge in [0.05, 0.1) is 0 Å². The normalized spacial score (nSPS) is 23.3. The lowest BCUT2D eigenvalue weighted by atomic mass is 10.1. The Morgan fingerprint density at radius 1 is 1.43 bits per heavy atom. The molecule has 1 aliphatic carbocycles. The van der Waals surface area contributed by atoms with Crippen LogP contribution in [-0.4, -0.2) is 60.0 Å². The van der Waals surface area contributed by atoms with Crippen LogP contribution in [0.4, 0.5) is 0 Å². The largest absolute Gasteiger partial charge is 0.357 e. The summed E-state index contributed by atoms with van der Waals surface area (Å²) in [6.07, 6.45) is 2.24. The molecule has 5 nitrogen and oxygen atoms in total. The third-order valence-electron chi connectivity index (χ3n) is 3.79. The van der Waals surface area contributed by atoms with E-state index in [4.69, 9.17) is 0 Å². The lowest BCUT2D eigenvalue weighted by Gasteiger charge is -2.36. The molecule has 6 heteroatoms. The molecule has 0 spiro atoms. The van der Waals surface area contributed by atoms with Crippen molar-refractivity contribution in [2.45, 2.75) is 44.9 Å². The second-order valence-electron chi connectivity index (χ2n) is 6.11. The predicted octanol–water partition coefficient (Wildman–Crippen LogP) is 1.30. The third-order valence-corrected chi connectivity index (χ3v) is 5.33. The van der Waals surface area contributed by atoms with E-state index in [0.717, 1.165) is 44.2 Å². The van der Waals surface area contributed by atoms with Crippen LogP contribution in [0.2, 0.25) is 0 Å². The Morgan fingerprint density at radius 2 is 2.19 bits per heavy atom. The zero-order chi connectivity index (χ0) is 15.2. The van der Waals surface area contributed by atoms with Crippen LogP contribution in [0, 0.1) is 5.92 Å². The van der Waals surface area contributed by atoms with Gasteiger partial charge in [-0.2, -0.15) is 11.8 Å². The van der Waals surface area contributed by atoms with Gasteiger partial charge in [-0.3, -0.25) is 4.79 Å². The summed E-state index contributed by atoms with van der Waals surface area (Å²) in [6.45, 7) is 9.69. The van der Waals surface area contributed by atoms with Gasteiger partial charge in [0.25, 0.3) is 0 Å². The maximum absolute atomic E-state index is 11.8. The molecule has 1 heterocycles. The van der Waals surface area contributed by atoms with E-state index >= 15 is 0 Å². The molecule has 2 fully saturated rings. The average Bonchev–Trinajstić information content (AvgIpc) is 3.27. The molecule has 21 heavy (non-hydrogen) atoms. The molecule has 0 aromatic heterocycles. The molecule has 1 unspecified atom stereocenters. The highest BCUT2D eigenvalue weighted by Gasteiger charge is 2.26. The number of nitrogens with zero attached hydrogens (tertiary/aromatic N) is 2. The van der Waals surface area contributed by atoms with Crippen LogP contribution in [0.3, 0.4) is 0 Å². The molecule has 1 amide bonds. The number of amides is 1. The minimum absolute atomic E-state index is 0.0414. The summed E-state index contributed by atoms with van der Waals surface area (Å²) in [5, 5.41) is 6.95. The van der Waals surface area contributed by atoms with E-state index in [0.29, 0.717) is 17.2 Å². The smallest absolute Gasteiger partial charge is 0.242 e. The molecule has 120 valence electrons. The number of rotatable bonds is 5. The van der Waals surface area contributed by atoms with Gasteiger partial charge in [-0.05, 0) is 25.7 Å². The second kappa shape index (κ2) is 7.92. The number of guanidine groups is 1. The van der Waals surface area contributed by atoms with Gasteiger partial charge in [0.2, 0.25) is 5.91 Å². The van der Waals surface area contributed by atoms with Gasteiger partial charge in [-0.25, -0.2) is 4.99 Å². The Balaban J connectivity index is 1.90. The van der Waals surface area contributed by atoms with Crippen molar-refractivity contribution >= 4 is 23.6 Å². The fourth-order valence-electron chi connectivity index (χ4n) is 2.34. The molecule has 1 saturated heterocycles. The first kappa shape index (κ1) is 16.5. The highest BCUT2D eigenvalue weighted by atomic mass is 32.2. The van der Waals surface area contributed by atoms with Gasteiger partial charge in [-0.15, -0.1) is 0 Å². The Hall–Kier alpha value is -0.910. The summed E-state index contributed by atoms with van der Waals surface area (Å²) >= 11 is 2.05. The SMILES string of the molecule is CCNC(=NCC(=O)NC1CC1)N1CCSC(C(C)C)C1. The van der Waals surface area contributed by atoms with Crippen molar-refractivity contribution in [2.24, 2.45) is 10.9 Å². The standard InChI is InChI=1S/C15H28N4OS/c1-4-16-15(17-9-14(20)18-12-5-6-12)19-7-8-21-13(10-19)11(2)3/h11-13H,4-10H2,1-3H3,(H,16,17)(H,18,20). The average molecular weight is 312 g/mol. The summed E-state index contributed by atoms with van der Waals surface area (Å²) in [4.78, 5) is 18.6. The molecule has 2 rings (SSSR count). The van der Waals surface area contributed by atoms with E-state index < -0.39 is 0 Å². The maximum atomic E-state index is 11.8.